The lowest BCUT2D eigenvalue weighted by Gasteiger charge is -2.09. The van der Waals surface area contributed by atoms with E-state index in [-0.39, 0.29) is 5.91 Å². The highest BCUT2D eigenvalue weighted by Gasteiger charge is 2.00. The Morgan fingerprint density at radius 3 is 2.67 bits per heavy atom. The number of aryl methyl sites for hydroxylation is 1. The molecule has 0 aliphatic carbocycles. The van der Waals surface area contributed by atoms with E-state index < -0.39 is 0 Å². The van der Waals surface area contributed by atoms with Gasteiger partial charge in [0.25, 0.3) is 0 Å². The van der Waals surface area contributed by atoms with Crippen molar-refractivity contribution in [1.29, 1.82) is 0 Å². The molecule has 0 aliphatic rings. The van der Waals surface area contributed by atoms with Crippen molar-refractivity contribution in [1.82, 2.24) is 5.43 Å². The van der Waals surface area contributed by atoms with Crippen molar-refractivity contribution in [2.75, 3.05) is 10.7 Å². The zero-order valence-corrected chi connectivity index (χ0v) is 8.63. The van der Waals surface area contributed by atoms with Gasteiger partial charge in [-0.2, -0.15) is 0 Å². The number of nitrogens with one attached hydrogen (secondary N) is 3. The topological polar surface area (TPSA) is 70.2 Å². The van der Waals surface area contributed by atoms with Gasteiger partial charge in [-0.3, -0.25) is 20.4 Å². The van der Waals surface area contributed by atoms with Crippen molar-refractivity contribution in [2.24, 2.45) is 0 Å². The van der Waals surface area contributed by atoms with Gasteiger partial charge < -0.3 is 5.32 Å². The molecule has 0 spiro atoms. The van der Waals surface area contributed by atoms with E-state index in [1.165, 1.54) is 6.92 Å². The normalized spacial score (nSPS) is 9.20. The second kappa shape index (κ2) is 4.99. The van der Waals surface area contributed by atoms with Crippen molar-refractivity contribution in [3.63, 3.8) is 0 Å². The molecule has 1 aromatic rings. The maximum atomic E-state index is 10.8. The summed E-state index contributed by atoms with van der Waals surface area (Å²) in [6.45, 7) is 3.33. The van der Waals surface area contributed by atoms with Crippen LogP contribution in [0.4, 0.5) is 11.4 Å². The molecule has 0 unspecified atom stereocenters. The number of rotatable bonds is 4. The average molecular weight is 207 g/mol. The molecule has 0 saturated carbocycles. The number of anilines is 2. The molecule has 0 heterocycles. The molecule has 15 heavy (non-hydrogen) atoms. The van der Waals surface area contributed by atoms with Crippen LogP contribution < -0.4 is 16.2 Å². The minimum absolute atomic E-state index is 0.110. The van der Waals surface area contributed by atoms with Gasteiger partial charge in [0.2, 0.25) is 12.3 Å². The predicted molar refractivity (Wildman–Crippen MR) is 58.3 cm³/mol. The van der Waals surface area contributed by atoms with Gasteiger partial charge in [-0.1, -0.05) is 0 Å². The molecule has 0 aromatic heterocycles. The lowest BCUT2D eigenvalue weighted by atomic mass is 10.2. The highest BCUT2D eigenvalue weighted by atomic mass is 16.1. The summed E-state index contributed by atoms with van der Waals surface area (Å²) in [4.78, 5) is 20.9. The molecule has 0 atom stereocenters. The first kappa shape index (κ1) is 11.0. The molecular formula is C10H13N3O2. The van der Waals surface area contributed by atoms with Crippen LogP contribution in [0.5, 0.6) is 0 Å². The van der Waals surface area contributed by atoms with Crippen LogP contribution in [0.3, 0.4) is 0 Å². The smallest absolute Gasteiger partial charge is 0.225 e. The van der Waals surface area contributed by atoms with Crippen molar-refractivity contribution < 1.29 is 9.59 Å². The maximum Gasteiger partial charge on any atom is 0.225 e. The van der Waals surface area contributed by atoms with Crippen molar-refractivity contribution in [3.8, 4) is 0 Å². The van der Waals surface area contributed by atoms with Gasteiger partial charge in [-0.05, 0) is 30.7 Å². The van der Waals surface area contributed by atoms with Crippen molar-refractivity contribution in [2.45, 2.75) is 13.8 Å². The third-order valence-electron chi connectivity index (χ3n) is 1.81. The first-order chi connectivity index (χ1) is 7.13. The number of carbonyl (C=O) groups excluding carboxylic acids is 2. The second-order valence-electron chi connectivity index (χ2n) is 3.10. The Morgan fingerprint density at radius 1 is 1.40 bits per heavy atom. The molecule has 0 fully saturated rings. The summed E-state index contributed by atoms with van der Waals surface area (Å²) in [7, 11) is 0. The number of carbonyl (C=O) groups is 2. The molecule has 0 bridgehead atoms. The van der Waals surface area contributed by atoms with Crippen molar-refractivity contribution in [3.05, 3.63) is 23.8 Å². The van der Waals surface area contributed by atoms with Crippen LogP contribution in [0.15, 0.2) is 18.2 Å². The van der Waals surface area contributed by atoms with E-state index in [9.17, 15) is 9.59 Å². The lowest BCUT2D eigenvalue weighted by molar-refractivity contribution is -0.114. The van der Waals surface area contributed by atoms with E-state index in [1.807, 2.05) is 13.0 Å². The van der Waals surface area contributed by atoms with E-state index in [2.05, 4.69) is 16.2 Å². The molecule has 80 valence electrons. The van der Waals surface area contributed by atoms with Gasteiger partial charge >= 0.3 is 0 Å². The van der Waals surface area contributed by atoms with Crippen LogP contribution in [0.2, 0.25) is 0 Å². The minimum atomic E-state index is -0.110. The molecule has 0 aliphatic heterocycles. The monoisotopic (exact) mass is 207 g/mol. The molecule has 5 heteroatoms. The molecule has 1 aromatic carbocycles. The van der Waals surface area contributed by atoms with Crippen molar-refractivity contribution >= 4 is 23.7 Å². The first-order valence-electron chi connectivity index (χ1n) is 4.47. The maximum absolute atomic E-state index is 10.8. The first-order valence-corrected chi connectivity index (χ1v) is 4.47. The fourth-order valence-electron chi connectivity index (χ4n) is 1.19. The molecule has 0 saturated heterocycles. The zero-order valence-electron chi connectivity index (χ0n) is 8.63. The Morgan fingerprint density at radius 2 is 2.13 bits per heavy atom. The van der Waals surface area contributed by atoms with Crippen LogP contribution in [0.1, 0.15) is 12.5 Å². The summed E-state index contributed by atoms with van der Waals surface area (Å²) >= 11 is 0. The number of hydrogen-bond donors (Lipinski definition) is 3. The fourth-order valence-corrected chi connectivity index (χ4v) is 1.19. The van der Waals surface area contributed by atoms with Gasteiger partial charge in [0.15, 0.2) is 0 Å². The summed E-state index contributed by atoms with van der Waals surface area (Å²) in [5, 5.41) is 2.67. The lowest BCUT2D eigenvalue weighted by Crippen LogP contribution is -2.19. The van der Waals surface area contributed by atoms with Gasteiger partial charge in [0.1, 0.15) is 0 Å². The number of benzene rings is 1. The second-order valence-corrected chi connectivity index (χ2v) is 3.10. The standard InChI is InChI=1S/C10H13N3O2/c1-7-5-9(12-8(2)15)3-4-10(7)13-11-6-14/h3-6,13H,1-2H3,(H,11,14)(H,12,15). The summed E-state index contributed by atoms with van der Waals surface area (Å²) in [5.41, 5.74) is 7.51. The summed E-state index contributed by atoms with van der Waals surface area (Å²) in [6, 6.07) is 5.34. The van der Waals surface area contributed by atoms with Crippen LogP contribution in [-0.4, -0.2) is 12.3 Å². The summed E-state index contributed by atoms with van der Waals surface area (Å²) in [6.07, 6.45) is 0.557. The van der Waals surface area contributed by atoms with Crippen LogP contribution in [0, 0.1) is 6.92 Å². The Kier molecular flexibility index (Phi) is 3.68. The van der Waals surface area contributed by atoms with Crippen LogP contribution in [0.25, 0.3) is 0 Å². The zero-order chi connectivity index (χ0) is 11.3. The molecular weight excluding hydrogens is 194 g/mol. The van der Waals surface area contributed by atoms with E-state index in [0.29, 0.717) is 6.41 Å². The molecule has 1 rings (SSSR count). The number of hydrogen-bond acceptors (Lipinski definition) is 3. The van der Waals surface area contributed by atoms with Crippen LogP contribution >= 0.6 is 0 Å². The third-order valence-corrected chi connectivity index (χ3v) is 1.81. The summed E-state index contributed by atoms with van der Waals surface area (Å²) < 4.78 is 0. The predicted octanol–water partition coefficient (Wildman–Crippen LogP) is 1.03. The molecule has 3 N–H and O–H groups in total. The Labute approximate surface area is 87.8 Å². The third kappa shape index (κ3) is 3.30. The highest BCUT2D eigenvalue weighted by molar-refractivity contribution is 5.89. The number of hydrazine groups is 1. The number of amides is 2. The quantitative estimate of drug-likeness (QED) is 0.510. The molecule has 5 nitrogen and oxygen atoms in total. The van der Waals surface area contributed by atoms with Gasteiger partial charge in [0, 0.05) is 12.6 Å². The van der Waals surface area contributed by atoms with Crippen LogP contribution in [-0.2, 0) is 9.59 Å². The Hall–Kier alpha value is -2.04. The SMILES string of the molecule is CC(=O)Nc1ccc(NNC=O)c(C)c1. The molecule has 2 amide bonds. The highest BCUT2D eigenvalue weighted by Crippen LogP contribution is 2.18. The van der Waals surface area contributed by atoms with E-state index >= 15 is 0 Å². The minimum Gasteiger partial charge on any atom is -0.326 e. The fraction of sp³-hybridized carbons (Fsp3) is 0.200. The van der Waals surface area contributed by atoms with E-state index in [4.69, 9.17) is 0 Å². The average Bonchev–Trinajstić information content (AvgIpc) is 2.15. The van der Waals surface area contributed by atoms with Gasteiger partial charge in [0.05, 0.1) is 5.69 Å². The molecule has 0 radical (unpaired) electrons. The Bertz CT molecular complexity index is 377. The largest absolute Gasteiger partial charge is 0.326 e. The Balaban J connectivity index is 2.78. The summed E-state index contributed by atoms with van der Waals surface area (Å²) in [5.74, 6) is -0.110. The van der Waals surface area contributed by atoms with Gasteiger partial charge in [-0.25, -0.2) is 0 Å². The van der Waals surface area contributed by atoms with Gasteiger partial charge in [-0.15, -0.1) is 0 Å². The van der Waals surface area contributed by atoms with E-state index in [1.54, 1.807) is 12.1 Å². The van der Waals surface area contributed by atoms with E-state index in [0.717, 1.165) is 16.9 Å².